The van der Waals surface area contributed by atoms with Crippen molar-refractivity contribution in [2.75, 3.05) is 27.4 Å². The van der Waals surface area contributed by atoms with Crippen molar-refractivity contribution >= 4 is 11.6 Å². The molecule has 0 fully saturated rings. The summed E-state index contributed by atoms with van der Waals surface area (Å²) in [7, 11) is 3.35. The van der Waals surface area contributed by atoms with Gasteiger partial charge in [-0.15, -0.1) is 0 Å². The lowest BCUT2D eigenvalue weighted by molar-refractivity contribution is 0.305. The predicted molar refractivity (Wildman–Crippen MR) is 95.7 cm³/mol. The average molecular weight is 348 g/mol. The first kappa shape index (κ1) is 16.9. The van der Waals surface area contributed by atoms with Crippen LogP contribution in [0, 0.1) is 0 Å². The lowest BCUT2D eigenvalue weighted by atomic mass is 9.88. The Morgan fingerprint density at radius 2 is 1.83 bits per heavy atom. The van der Waals surface area contributed by atoms with E-state index in [0.717, 1.165) is 35.8 Å². The highest BCUT2D eigenvalue weighted by Crippen LogP contribution is 2.42. The van der Waals surface area contributed by atoms with Crippen LogP contribution in [0.25, 0.3) is 0 Å². The van der Waals surface area contributed by atoms with Crippen LogP contribution in [0.15, 0.2) is 30.3 Å². The van der Waals surface area contributed by atoms with E-state index in [2.05, 4.69) is 11.4 Å². The summed E-state index contributed by atoms with van der Waals surface area (Å²) in [5, 5.41) is 4.26. The number of halogens is 1. The highest BCUT2D eigenvalue weighted by molar-refractivity contribution is 6.30. The fourth-order valence-electron chi connectivity index (χ4n) is 3.27. The van der Waals surface area contributed by atoms with Crippen LogP contribution in [0.4, 0.5) is 0 Å². The lowest BCUT2D eigenvalue weighted by Crippen LogP contribution is -2.31. The van der Waals surface area contributed by atoms with Gasteiger partial charge in [0.25, 0.3) is 0 Å². The van der Waals surface area contributed by atoms with Crippen LogP contribution in [0.1, 0.15) is 29.7 Å². The molecule has 1 N–H and O–H groups in total. The molecule has 0 amide bonds. The summed E-state index contributed by atoms with van der Waals surface area (Å²) < 4.78 is 16.9. The van der Waals surface area contributed by atoms with Gasteiger partial charge in [-0.3, -0.25) is 0 Å². The van der Waals surface area contributed by atoms with Crippen molar-refractivity contribution in [1.82, 2.24) is 5.32 Å². The van der Waals surface area contributed by atoms with Gasteiger partial charge in [0.1, 0.15) is 5.75 Å². The summed E-state index contributed by atoms with van der Waals surface area (Å²) in [6.45, 7) is 3.43. The lowest BCUT2D eigenvalue weighted by Gasteiger charge is -2.30. The molecule has 3 rings (SSSR count). The molecule has 1 aliphatic rings. The Balaban J connectivity index is 2.13. The molecule has 0 radical (unpaired) electrons. The van der Waals surface area contributed by atoms with E-state index in [1.807, 2.05) is 31.2 Å². The molecule has 128 valence electrons. The van der Waals surface area contributed by atoms with Gasteiger partial charge in [0.05, 0.1) is 26.9 Å². The largest absolute Gasteiger partial charge is 0.496 e. The second kappa shape index (κ2) is 7.32. The number of nitrogens with one attached hydrogen (secondary N) is 1. The maximum Gasteiger partial charge on any atom is 0.164 e. The quantitative estimate of drug-likeness (QED) is 0.887. The maximum atomic E-state index is 6.22. The number of hydrogen-bond donors (Lipinski definition) is 1. The normalized spacial score (nSPS) is 16.4. The zero-order valence-corrected chi connectivity index (χ0v) is 14.9. The van der Waals surface area contributed by atoms with Gasteiger partial charge in [-0.2, -0.15) is 0 Å². The van der Waals surface area contributed by atoms with E-state index < -0.39 is 0 Å². The Morgan fingerprint density at radius 3 is 2.54 bits per heavy atom. The van der Waals surface area contributed by atoms with Crippen LogP contribution in [0.5, 0.6) is 17.2 Å². The average Bonchev–Trinajstić information content (AvgIpc) is 2.61. The molecule has 5 heteroatoms. The first-order valence-corrected chi connectivity index (χ1v) is 8.46. The smallest absolute Gasteiger partial charge is 0.164 e. The van der Waals surface area contributed by atoms with E-state index in [0.29, 0.717) is 11.6 Å². The second-order valence-corrected chi connectivity index (χ2v) is 6.06. The van der Waals surface area contributed by atoms with Crippen LogP contribution in [-0.2, 0) is 6.42 Å². The minimum Gasteiger partial charge on any atom is -0.496 e. The van der Waals surface area contributed by atoms with Gasteiger partial charge in [0.2, 0.25) is 0 Å². The molecule has 1 heterocycles. The Labute approximate surface area is 147 Å². The number of benzene rings is 2. The minimum absolute atomic E-state index is 0.00696. The summed E-state index contributed by atoms with van der Waals surface area (Å²) in [4.78, 5) is 0. The van der Waals surface area contributed by atoms with Crippen LogP contribution in [-0.4, -0.2) is 27.4 Å². The molecule has 24 heavy (non-hydrogen) atoms. The van der Waals surface area contributed by atoms with Gasteiger partial charge >= 0.3 is 0 Å². The summed E-state index contributed by atoms with van der Waals surface area (Å²) >= 11 is 6.22. The molecule has 1 aliphatic heterocycles. The van der Waals surface area contributed by atoms with Crippen molar-refractivity contribution in [3.63, 3.8) is 0 Å². The molecule has 0 bridgehead atoms. The first-order chi connectivity index (χ1) is 11.7. The zero-order valence-electron chi connectivity index (χ0n) is 14.2. The van der Waals surface area contributed by atoms with Gasteiger partial charge in [-0.25, -0.2) is 0 Å². The molecule has 2 aromatic carbocycles. The van der Waals surface area contributed by atoms with Crippen molar-refractivity contribution in [3.05, 3.63) is 52.0 Å². The van der Waals surface area contributed by atoms with Gasteiger partial charge in [-0.05, 0) is 43.2 Å². The molecule has 0 saturated carbocycles. The third-order valence-electron chi connectivity index (χ3n) is 4.31. The molecule has 0 saturated heterocycles. The van der Waals surface area contributed by atoms with Crippen LogP contribution in [0.3, 0.4) is 0 Å². The van der Waals surface area contributed by atoms with Gasteiger partial charge in [0, 0.05) is 22.7 Å². The third-order valence-corrected chi connectivity index (χ3v) is 4.54. The Hall–Kier alpha value is -1.91. The minimum atomic E-state index is 0.00696. The molecule has 0 aliphatic carbocycles. The summed E-state index contributed by atoms with van der Waals surface area (Å²) in [5.74, 6) is 2.43. The molecular weight excluding hydrogens is 326 g/mol. The van der Waals surface area contributed by atoms with E-state index in [4.69, 9.17) is 25.8 Å². The Morgan fingerprint density at radius 1 is 1.08 bits per heavy atom. The number of hydrogen-bond acceptors (Lipinski definition) is 4. The molecule has 1 atom stereocenters. The Kier molecular flexibility index (Phi) is 5.17. The number of ether oxygens (including phenoxy) is 3. The van der Waals surface area contributed by atoms with Crippen LogP contribution in [0.2, 0.25) is 5.02 Å². The van der Waals surface area contributed by atoms with Crippen molar-refractivity contribution in [1.29, 1.82) is 0 Å². The monoisotopic (exact) mass is 347 g/mol. The van der Waals surface area contributed by atoms with E-state index in [1.54, 1.807) is 14.2 Å². The molecule has 0 spiro atoms. The topological polar surface area (TPSA) is 39.7 Å². The molecular formula is C19H22ClNO3. The molecule has 0 aromatic heterocycles. The van der Waals surface area contributed by atoms with Crippen LogP contribution >= 0.6 is 11.6 Å². The molecule has 4 nitrogen and oxygen atoms in total. The molecule has 1 unspecified atom stereocenters. The number of fused-ring (bicyclic) bond motifs is 1. The van der Waals surface area contributed by atoms with Crippen molar-refractivity contribution in [2.45, 2.75) is 19.4 Å². The maximum absolute atomic E-state index is 6.22. The third kappa shape index (κ3) is 3.04. The molecule has 2 aromatic rings. The van der Waals surface area contributed by atoms with Crippen molar-refractivity contribution in [2.24, 2.45) is 0 Å². The standard InChI is InChI=1S/C19H22ClNO3/c1-4-24-19-14-9-10-21-18(13(14)6-8-17(19)23-3)15-11-12(20)5-7-16(15)22-2/h5-8,11,18,21H,4,9-10H2,1-3H3. The van der Waals surface area contributed by atoms with Gasteiger partial charge in [-0.1, -0.05) is 17.7 Å². The zero-order chi connectivity index (χ0) is 17.1. The second-order valence-electron chi connectivity index (χ2n) is 5.62. The predicted octanol–water partition coefficient (Wildman–Crippen LogP) is 3.99. The summed E-state index contributed by atoms with van der Waals surface area (Å²) in [5.41, 5.74) is 3.38. The van der Waals surface area contributed by atoms with Gasteiger partial charge in [0.15, 0.2) is 11.5 Å². The van der Waals surface area contributed by atoms with Crippen LogP contribution < -0.4 is 19.5 Å². The Bertz CT molecular complexity index is 733. The number of rotatable bonds is 5. The van der Waals surface area contributed by atoms with E-state index in [9.17, 15) is 0 Å². The fourth-order valence-corrected chi connectivity index (χ4v) is 3.45. The fraction of sp³-hybridized carbons (Fsp3) is 0.368. The van der Waals surface area contributed by atoms with E-state index in [1.165, 1.54) is 11.1 Å². The highest BCUT2D eigenvalue weighted by Gasteiger charge is 2.28. The van der Waals surface area contributed by atoms with E-state index >= 15 is 0 Å². The van der Waals surface area contributed by atoms with Gasteiger partial charge < -0.3 is 19.5 Å². The number of methoxy groups -OCH3 is 2. The van der Waals surface area contributed by atoms with Crippen molar-refractivity contribution < 1.29 is 14.2 Å². The summed E-state index contributed by atoms with van der Waals surface area (Å²) in [6.07, 6.45) is 0.890. The van der Waals surface area contributed by atoms with Crippen molar-refractivity contribution in [3.8, 4) is 17.2 Å². The SMILES string of the molecule is CCOc1c(OC)ccc2c1CCNC2c1cc(Cl)ccc1OC. The summed E-state index contributed by atoms with van der Waals surface area (Å²) in [6, 6.07) is 9.76. The van der Waals surface area contributed by atoms with E-state index in [-0.39, 0.29) is 6.04 Å². The highest BCUT2D eigenvalue weighted by atomic mass is 35.5. The first-order valence-electron chi connectivity index (χ1n) is 8.09.